The summed E-state index contributed by atoms with van der Waals surface area (Å²) in [6, 6.07) is 7.88. The highest BCUT2D eigenvalue weighted by atomic mass is 32.1. The fourth-order valence-corrected chi connectivity index (χ4v) is 6.96. The number of rotatable bonds is 11. The van der Waals surface area contributed by atoms with Crippen molar-refractivity contribution >= 4 is 41.3 Å². The van der Waals surface area contributed by atoms with Crippen molar-refractivity contribution in [1.82, 2.24) is 25.4 Å². The van der Waals surface area contributed by atoms with Crippen molar-refractivity contribution in [3.8, 4) is 0 Å². The Balaban J connectivity index is 1.23. The number of piperazine rings is 1. The molecule has 10 nitrogen and oxygen atoms in total. The third kappa shape index (κ3) is 6.09. The number of amides is 4. The van der Waals surface area contributed by atoms with Crippen LogP contribution >= 0.6 is 11.3 Å². The smallest absolute Gasteiger partial charge is 0.245 e. The zero-order valence-electron chi connectivity index (χ0n) is 22.4. The molecular weight excluding hydrogens is 530 g/mol. The van der Waals surface area contributed by atoms with Crippen LogP contribution in [-0.4, -0.2) is 82.0 Å². The van der Waals surface area contributed by atoms with E-state index in [1.165, 1.54) is 21.8 Å². The van der Waals surface area contributed by atoms with Crippen LogP contribution in [0.5, 0.6) is 0 Å². The van der Waals surface area contributed by atoms with Gasteiger partial charge in [-0.05, 0) is 62.8 Å². The van der Waals surface area contributed by atoms with E-state index in [1.807, 2.05) is 30.3 Å². The monoisotopic (exact) mass is 565 g/mol. The first-order valence-corrected chi connectivity index (χ1v) is 14.9. The highest BCUT2D eigenvalue weighted by molar-refractivity contribution is 7.11. The number of aromatic nitrogens is 1. The molecule has 2 unspecified atom stereocenters. The Morgan fingerprint density at radius 3 is 2.55 bits per heavy atom. The van der Waals surface area contributed by atoms with E-state index in [-0.39, 0.29) is 36.1 Å². The lowest BCUT2D eigenvalue weighted by Crippen LogP contribution is -2.62. The summed E-state index contributed by atoms with van der Waals surface area (Å²) in [4.78, 5) is 71.6. The van der Waals surface area contributed by atoms with Crippen molar-refractivity contribution in [2.45, 2.75) is 75.5 Å². The highest BCUT2D eigenvalue weighted by Crippen LogP contribution is 2.32. The molecule has 2 aliphatic heterocycles. The number of thiazole rings is 1. The van der Waals surface area contributed by atoms with Crippen LogP contribution in [0.3, 0.4) is 0 Å². The van der Waals surface area contributed by atoms with Crippen molar-refractivity contribution in [1.29, 1.82) is 0 Å². The highest BCUT2D eigenvalue weighted by Gasteiger charge is 2.49. The number of ketones is 1. The summed E-state index contributed by atoms with van der Waals surface area (Å²) in [5.74, 6) is -1.09. The first-order valence-electron chi connectivity index (χ1n) is 14.0. The first-order chi connectivity index (χ1) is 19.5. The summed E-state index contributed by atoms with van der Waals surface area (Å²) in [7, 11) is 0. The summed E-state index contributed by atoms with van der Waals surface area (Å²) in [6.07, 6.45) is 7.39. The minimum atomic E-state index is -0.785. The van der Waals surface area contributed by atoms with E-state index in [0.29, 0.717) is 56.5 Å². The summed E-state index contributed by atoms with van der Waals surface area (Å²) >= 11 is 1.23. The molecule has 0 spiro atoms. The fraction of sp³-hybridized carbons (Fsp3) is 0.517. The Morgan fingerprint density at radius 2 is 1.85 bits per heavy atom. The van der Waals surface area contributed by atoms with Crippen LogP contribution in [0.2, 0.25) is 0 Å². The van der Waals surface area contributed by atoms with E-state index in [4.69, 9.17) is 0 Å². The number of benzene rings is 1. The van der Waals surface area contributed by atoms with E-state index >= 15 is 0 Å². The van der Waals surface area contributed by atoms with Gasteiger partial charge in [-0.1, -0.05) is 30.3 Å². The molecule has 5 rings (SSSR count). The molecule has 2 saturated heterocycles. The summed E-state index contributed by atoms with van der Waals surface area (Å²) in [5, 5.41) is 7.83. The van der Waals surface area contributed by atoms with Crippen LogP contribution in [0, 0.1) is 5.92 Å². The third-order valence-electron chi connectivity index (χ3n) is 8.41. The van der Waals surface area contributed by atoms with Crippen LogP contribution < -0.4 is 10.6 Å². The maximum Gasteiger partial charge on any atom is 0.245 e. The lowest BCUT2D eigenvalue weighted by atomic mass is 9.80. The van der Waals surface area contributed by atoms with Gasteiger partial charge in [-0.25, -0.2) is 4.98 Å². The maximum atomic E-state index is 13.6. The van der Waals surface area contributed by atoms with Crippen LogP contribution in [0.15, 0.2) is 41.9 Å². The summed E-state index contributed by atoms with van der Waals surface area (Å²) in [5.41, 5.74) is 1.19. The van der Waals surface area contributed by atoms with Gasteiger partial charge in [0, 0.05) is 24.2 Å². The predicted octanol–water partition coefficient (Wildman–Crippen LogP) is 1.95. The van der Waals surface area contributed by atoms with Gasteiger partial charge in [-0.15, -0.1) is 11.3 Å². The van der Waals surface area contributed by atoms with Gasteiger partial charge >= 0.3 is 0 Å². The van der Waals surface area contributed by atoms with Crippen molar-refractivity contribution in [2.24, 2.45) is 5.92 Å². The Hall–Kier alpha value is -3.60. The van der Waals surface area contributed by atoms with E-state index in [2.05, 4.69) is 15.6 Å². The number of hydrogen-bond acceptors (Lipinski definition) is 7. The number of carbonyl (C=O) groups excluding carboxylic acids is 5. The number of aryl methyl sites for hydroxylation is 1. The molecule has 212 valence electrons. The second kappa shape index (κ2) is 12.7. The molecule has 0 bridgehead atoms. The molecular formula is C29H35N5O5S. The van der Waals surface area contributed by atoms with Gasteiger partial charge in [0.25, 0.3) is 0 Å². The normalized spacial score (nSPS) is 25.3. The average molecular weight is 566 g/mol. The maximum absolute atomic E-state index is 13.6. The Kier molecular flexibility index (Phi) is 8.88. The van der Waals surface area contributed by atoms with E-state index in [0.717, 1.165) is 12.8 Å². The van der Waals surface area contributed by atoms with Gasteiger partial charge in [-0.3, -0.25) is 24.0 Å². The Labute approximate surface area is 237 Å². The molecule has 1 saturated carbocycles. The number of fused-ring (bicyclic) bond motifs is 1. The quantitative estimate of drug-likeness (QED) is 0.317. The standard InChI is InChI=1S/C29H35N5O5S/c35-18-31-21-10-8-20(9-11-21)25(26(37)28-30-14-16-40-28)32-27(38)22-12-13-23-29(39)33(17-24(36)34(22)23)15-4-7-19-5-2-1-3-6-19/h1-3,5-6,14,16,18,20-23,25H,4,7-13,15,17H2,(H,31,35)(H,32,38)/t20?,21?,22-,23?,25?/m0/s1. The van der Waals surface area contributed by atoms with Gasteiger partial charge in [0.2, 0.25) is 29.9 Å². The first kappa shape index (κ1) is 27.9. The van der Waals surface area contributed by atoms with Crippen LogP contribution in [-0.2, 0) is 25.6 Å². The topological polar surface area (TPSA) is 129 Å². The molecule has 4 amide bonds. The van der Waals surface area contributed by atoms with Crippen LogP contribution in [0.4, 0.5) is 0 Å². The zero-order chi connectivity index (χ0) is 28.1. The SMILES string of the molecule is O=CNC1CCC(C(NC(=O)[C@@H]2CCC3C(=O)N(CCCc4ccccc4)CC(=O)N32)C(=O)c2nccs2)CC1. The van der Waals surface area contributed by atoms with Gasteiger partial charge in [-0.2, -0.15) is 0 Å². The largest absolute Gasteiger partial charge is 0.356 e. The number of nitrogens with one attached hydrogen (secondary N) is 2. The second-order valence-corrected chi connectivity index (χ2v) is 11.7. The second-order valence-electron chi connectivity index (χ2n) is 10.8. The molecule has 3 fully saturated rings. The predicted molar refractivity (Wildman–Crippen MR) is 148 cm³/mol. The van der Waals surface area contributed by atoms with Gasteiger partial charge in [0.1, 0.15) is 12.1 Å². The fourth-order valence-electron chi connectivity index (χ4n) is 6.34. The lowest BCUT2D eigenvalue weighted by molar-refractivity contribution is -0.157. The molecule has 3 aliphatic rings. The Morgan fingerprint density at radius 1 is 1.07 bits per heavy atom. The molecule has 1 aromatic heterocycles. The van der Waals surface area contributed by atoms with Crippen molar-refractivity contribution in [3.05, 3.63) is 52.5 Å². The molecule has 3 atom stereocenters. The molecule has 40 heavy (non-hydrogen) atoms. The lowest BCUT2D eigenvalue weighted by Gasteiger charge is -2.39. The minimum Gasteiger partial charge on any atom is -0.356 e. The molecule has 2 N–H and O–H groups in total. The summed E-state index contributed by atoms with van der Waals surface area (Å²) < 4.78 is 0. The molecule has 3 heterocycles. The van der Waals surface area contributed by atoms with E-state index < -0.39 is 24.0 Å². The van der Waals surface area contributed by atoms with Crippen LogP contribution in [0.25, 0.3) is 0 Å². The van der Waals surface area contributed by atoms with Gasteiger partial charge in [0.15, 0.2) is 5.01 Å². The number of nitrogens with zero attached hydrogens (tertiary/aromatic N) is 3. The number of hydrogen-bond donors (Lipinski definition) is 2. The minimum absolute atomic E-state index is 0.0386. The number of carbonyl (C=O) groups is 5. The molecule has 1 aliphatic carbocycles. The van der Waals surface area contributed by atoms with Crippen molar-refractivity contribution in [3.63, 3.8) is 0 Å². The molecule has 1 aromatic carbocycles. The summed E-state index contributed by atoms with van der Waals surface area (Å²) in [6.45, 7) is 0.454. The third-order valence-corrected chi connectivity index (χ3v) is 9.19. The Bertz CT molecular complexity index is 1210. The van der Waals surface area contributed by atoms with Crippen molar-refractivity contribution in [2.75, 3.05) is 13.1 Å². The van der Waals surface area contributed by atoms with Crippen LogP contribution in [0.1, 0.15) is 60.3 Å². The average Bonchev–Trinajstić information content (AvgIpc) is 3.67. The van der Waals surface area contributed by atoms with Gasteiger partial charge in [0.05, 0.1) is 12.6 Å². The molecule has 0 radical (unpaired) electrons. The number of Topliss-reactive ketones (excluding diaryl/α,β-unsaturated/α-hetero) is 1. The van der Waals surface area contributed by atoms with Gasteiger partial charge < -0.3 is 20.4 Å². The van der Waals surface area contributed by atoms with E-state index in [9.17, 15) is 24.0 Å². The molecule has 11 heteroatoms. The van der Waals surface area contributed by atoms with E-state index in [1.54, 1.807) is 16.5 Å². The molecule has 2 aromatic rings. The zero-order valence-corrected chi connectivity index (χ0v) is 23.2. The van der Waals surface area contributed by atoms with Crippen molar-refractivity contribution < 1.29 is 24.0 Å².